The van der Waals surface area contributed by atoms with Gasteiger partial charge in [-0.25, -0.2) is 0 Å². The van der Waals surface area contributed by atoms with Crippen LogP contribution in [0.5, 0.6) is 0 Å². The van der Waals surface area contributed by atoms with E-state index in [2.05, 4.69) is 39.8 Å². The first kappa shape index (κ1) is 13.5. The number of hydrogen-bond donors (Lipinski definition) is 0. The largest absolute Gasteiger partial charge is 0.0699 e. The maximum Gasteiger partial charge on any atom is -0.0166 e. The van der Waals surface area contributed by atoms with Gasteiger partial charge in [-0.2, -0.15) is 0 Å². The van der Waals surface area contributed by atoms with Gasteiger partial charge in [-0.15, -0.1) is 0 Å². The summed E-state index contributed by atoms with van der Waals surface area (Å²) in [5, 5.41) is 0. The van der Waals surface area contributed by atoms with E-state index >= 15 is 0 Å². The van der Waals surface area contributed by atoms with Crippen LogP contribution in [0.1, 0.15) is 66.2 Å². The summed E-state index contributed by atoms with van der Waals surface area (Å²) in [4.78, 5) is 0. The van der Waals surface area contributed by atoms with Gasteiger partial charge in [0, 0.05) is 0 Å². The second-order valence-electron chi connectivity index (χ2n) is 5.71. The molecule has 16 heavy (non-hydrogen) atoms. The maximum atomic E-state index is 2.38. The minimum absolute atomic E-state index is 0.835. The van der Waals surface area contributed by atoms with Crippen LogP contribution < -0.4 is 0 Å². The molecule has 0 fully saturated rings. The summed E-state index contributed by atoms with van der Waals surface area (Å²) < 4.78 is 0. The van der Waals surface area contributed by atoms with Crippen LogP contribution in [-0.4, -0.2) is 0 Å². The van der Waals surface area contributed by atoms with E-state index in [9.17, 15) is 0 Å². The molecule has 0 aromatic heterocycles. The van der Waals surface area contributed by atoms with Crippen LogP contribution in [0.2, 0.25) is 0 Å². The van der Waals surface area contributed by atoms with Crippen molar-refractivity contribution >= 4 is 0 Å². The molecule has 1 aliphatic carbocycles. The molecule has 92 valence electrons. The van der Waals surface area contributed by atoms with E-state index in [-0.39, 0.29) is 0 Å². The fourth-order valence-electron chi connectivity index (χ4n) is 2.37. The Labute approximate surface area is 102 Å². The molecule has 0 aromatic carbocycles. The van der Waals surface area contributed by atoms with E-state index in [0.717, 1.165) is 11.8 Å². The van der Waals surface area contributed by atoms with Crippen LogP contribution >= 0.6 is 0 Å². The normalized spacial score (nSPS) is 20.9. The van der Waals surface area contributed by atoms with Gasteiger partial charge in [-0.05, 0) is 44.4 Å². The van der Waals surface area contributed by atoms with Gasteiger partial charge >= 0.3 is 0 Å². The predicted octanol–water partition coefficient (Wildman–Crippen LogP) is 5.51. The molecule has 1 atom stereocenters. The molecule has 0 amide bonds. The minimum atomic E-state index is 0.835. The summed E-state index contributed by atoms with van der Waals surface area (Å²) >= 11 is 0. The summed E-state index contributed by atoms with van der Waals surface area (Å²) in [7, 11) is 0. The monoisotopic (exact) mass is 220 g/mol. The maximum absolute atomic E-state index is 2.38. The Bertz CT molecular complexity index is 255. The van der Waals surface area contributed by atoms with Gasteiger partial charge in [0.1, 0.15) is 0 Å². The second-order valence-corrected chi connectivity index (χ2v) is 5.71. The predicted molar refractivity (Wildman–Crippen MR) is 73.5 cm³/mol. The summed E-state index contributed by atoms with van der Waals surface area (Å²) in [5.41, 5.74) is 3.28. The number of hydrogen-bond acceptors (Lipinski definition) is 0. The van der Waals surface area contributed by atoms with Crippen molar-refractivity contribution in [2.75, 3.05) is 0 Å². The van der Waals surface area contributed by atoms with Crippen LogP contribution in [0.25, 0.3) is 0 Å². The highest BCUT2D eigenvalue weighted by molar-refractivity contribution is 5.25. The number of unbranched alkanes of at least 4 members (excludes halogenated alkanes) is 1. The summed E-state index contributed by atoms with van der Waals surface area (Å²) in [6, 6.07) is 0. The third-order valence-corrected chi connectivity index (χ3v) is 3.68. The van der Waals surface area contributed by atoms with Crippen LogP contribution in [0.4, 0.5) is 0 Å². The van der Waals surface area contributed by atoms with Crippen molar-refractivity contribution in [1.82, 2.24) is 0 Å². The van der Waals surface area contributed by atoms with E-state index < -0.39 is 0 Å². The first-order valence-electron chi connectivity index (χ1n) is 6.99. The third-order valence-electron chi connectivity index (χ3n) is 3.68. The molecule has 1 aliphatic rings. The highest BCUT2D eigenvalue weighted by Crippen LogP contribution is 2.31. The fraction of sp³-hybridized carbons (Fsp3) is 0.750. The van der Waals surface area contributed by atoms with E-state index in [4.69, 9.17) is 0 Å². The Kier molecular flexibility index (Phi) is 5.87. The number of rotatable bonds is 6. The highest BCUT2D eigenvalue weighted by atomic mass is 14.2. The van der Waals surface area contributed by atoms with Crippen molar-refractivity contribution in [3.63, 3.8) is 0 Å². The molecule has 0 aliphatic heterocycles. The highest BCUT2D eigenvalue weighted by Gasteiger charge is 2.15. The van der Waals surface area contributed by atoms with Crippen molar-refractivity contribution in [3.05, 3.63) is 23.3 Å². The smallest absolute Gasteiger partial charge is 0.0166 e. The summed E-state index contributed by atoms with van der Waals surface area (Å²) in [5.74, 6) is 1.68. The average Bonchev–Trinajstić information content (AvgIpc) is 2.26. The van der Waals surface area contributed by atoms with Crippen molar-refractivity contribution < 1.29 is 0 Å². The molecule has 0 spiro atoms. The Morgan fingerprint density at radius 1 is 1.31 bits per heavy atom. The van der Waals surface area contributed by atoms with Crippen LogP contribution in [0.15, 0.2) is 23.3 Å². The molecule has 1 rings (SSSR count). The zero-order valence-corrected chi connectivity index (χ0v) is 11.6. The van der Waals surface area contributed by atoms with Gasteiger partial charge in [-0.3, -0.25) is 0 Å². The molecule has 0 heterocycles. The lowest BCUT2D eigenvalue weighted by Crippen LogP contribution is -2.08. The van der Waals surface area contributed by atoms with Crippen LogP contribution in [0, 0.1) is 11.8 Å². The van der Waals surface area contributed by atoms with E-state index in [0.29, 0.717) is 0 Å². The van der Waals surface area contributed by atoms with Gasteiger partial charge < -0.3 is 0 Å². The Hall–Kier alpha value is -0.520. The second kappa shape index (κ2) is 6.93. The Morgan fingerprint density at radius 3 is 2.69 bits per heavy atom. The summed E-state index contributed by atoms with van der Waals surface area (Å²) in [6.07, 6.45) is 12.8. The average molecular weight is 220 g/mol. The lowest BCUT2D eigenvalue weighted by molar-refractivity contribution is 0.498. The van der Waals surface area contributed by atoms with Gasteiger partial charge in [0.2, 0.25) is 0 Å². The van der Waals surface area contributed by atoms with Crippen molar-refractivity contribution in [3.8, 4) is 0 Å². The van der Waals surface area contributed by atoms with E-state index in [1.54, 1.807) is 11.1 Å². The lowest BCUT2D eigenvalue weighted by atomic mass is 9.82. The first-order valence-corrected chi connectivity index (χ1v) is 6.99. The molecule has 0 saturated heterocycles. The topological polar surface area (TPSA) is 0 Å². The van der Waals surface area contributed by atoms with Crippen molar-refractivity contribution in [1.29, 1.82) is 0 Å². The van der Waals surface area contributed by atoms with Gasteiger partial charge in [0.05, 0.1) is 0 Å². The zero-order valence-electron chi connectivity index (χ0n) is 11.6. The molecule has 0 bridgehead atoms. The SMILES string of the molecule is CCCCC1CC(CCC(C)C)=CC=C1C. The number of allylic oxidation sites excluding steroid dienone is 4. The molecule has 0 radical (unpaired) electrons. The van der Waals surface area contributed by atoms with Gasteiger partial charge in [-0.1, -0.05) is 56.9 Å². The molecule has 0 N–H and O–H groups in total. The zero-order chi connectivity index (χ0) is 12.0. The van der Waals surface area contributed by atoms with Crippen LogP contribution in [-0.2, 0) is 0 Å². The van der Waals surface area contributed by atoms with Crippen molar-refractivity contribution in [2.45, 2.75) is 66.2 Å². The molecule has 0 saturated carbocycles. The molecule has 0 aromatic rings. The minimum Gasteiger partial charge on any atom is -0.0699 e. The Morgan fingerprint density at radius 2 is 2.06 bits per heavy atom. The summed E-state index contributed by atoms with van der Waals surface area (Å²) in [6.45, 7) is 9.23. The molecule has 0 heteroatoms. The third kappa shape index (κ3) is 4.55. The van der Waals surface area contributed by atoms with Crippen molar-refractivity contribution in [2.24, 2.45) is 11.8 Å². The Balaban J connectivity index is 2.44. The molecule has 1 unspecified atom stereocenters. The van der Waals surface area contributed by atoms with Crippen LogP contribution in [0.3, 0.4) is 0 Å². The van der Waals surface area contributed by atoms with E-state index in [1.807, 2.05) is 0 Å². The van der Waals surface area contributed by atoms with Gasteiger partial charge in [0.15, 0.2) is 0 Å². The molecular weight excluding hydrogens is 192 g/mol. The van der Waals surface area contributed by atoms with Gasteiger partial charge in [0.25, 0.3) is 0 Å². The quantitative estimate of drug-likeness (QED) is 0.554. The standard InChI is InChI=1S/C16H28/c1-5-6-7-16-12-15(10-8-13(2)3)11-9-14(16)4/h9,11,13,16H,5-8,10,12H2,1-4H3. The fourth-order valence-corrected chi connectivity index (χ4v) is 2.37. The lowest BCUT2D eigenvalue weighted by Gasteiger charge is -2.23. The molecular formula is C16H28. The molecule has 0 nitrogen and oxygen atoms in total. The van der Waals surface area contributed by atoms with E-state index in [1.165, 1.54) is 38.5 Å². The first-order chi connectivity index (χ1) is 7.63.